The van der Waals surface area contributed by atoms with Gasteiger partial charge in [0.15, 0.2) is 5.96 Å². The fraction of sp³-hybridized carbons (Fsp3) is 0.444. The van der Waals surface area contributed by atoms with Crippen LogP contribution in [-0.2, 0) is 6.42 Å². The minimum atomic E-state index is 0.160. The molecule has 0 bridgehead atoms. The van der Waals surface area contributed by atoms with Crippen LogP contribution in [0.1, 0.15) is 41.0 Å². The molecule has 2 N–H and O–H groups in total. The maximum absolute atomic E-state index is 5.95. The molecule has 1 unspecified atom stereocenters. The Morgan fingerprint density at radius 2 is 2.00 bits per heavy atom. The summed E-state index contributed by atoms with van der Waals surface area (Å²) in [5, 5.41) is 8.61. The molecule has 0 saturated heterocycles. The van der Waals surface area contributed by atoms with Gasteiger partial charge in [0.25, 0.3) is 0 Å². The number of nitrogens with one attached hydrogen (secondary N) is 2. The lowest BCUT2D eigenvalue weighted by molar-refractivity contribution is 0.686. The highest BCUT2D eigenvalue weighted by molar-refractivity contribution is 7.11. The number of aliphatic imine (C=N–C) groups is 1. The summed E-state index contributed by atoms with van der Waals surface area (Å²) in [6, 6.07) is 8.05. The van der Waals surface area contributed by atoms with Gasteiger partial charge in [0.05, 0.1) is 16.7 Å². The highest BCUT2D eigenvalue weighted by atomic mass is 35.5. The van der Waals surface area contributed by atoms with Gasteiger partial charge in [0.1, 0.15) is 0 Å². The molecule has 6 heteroatoms. The molecule has 0 amide bonds. The molecule has 2 rings (SSSR count). The SMILES string of the molecule is CCNC(=NCCc1sc(C)nc1C)NC(C)c1ccc(Cl)cc1. The summed E-state index contributed by atoms with van der Waals surface area (Å²) in [6.07, 6.45) is 0.920. The predicted octanol–water partition coefficient (Wildman–Crippen LogP) is 4.27. The van der Waals surface area contributed by atoms with Crippen molar-refractivity contribution >= 4 is 28.9 Å². The molecule has 0 spiro atoms. The molecule has 1 atom stereocenters. The Morgan fingerprint density at radius 1 is 1.29 bits per heavy atom. The van der Waals surface area contributed by atoms with E-state index in [-0.39, 0.29) is 6.04 Å². The van der Waals surface area contributed by atoms with E-state index in [0.29, 0.717) is 0 Å². The van der Waals surface area contributed by atoms with Crippen LogP contribution < -0.4 is 10.6 Å². The normalized spacial score (nSPS) is 13.0. The van der Waals surface area contributed by atoms with Crippen molar-refractivity contribution in [2.45, 2.75) is 40.2 Å². The zero-order valence-corrected chi connectivity index (χ0v) is 16.3. The van der Waals surface area contributed by atoms with Crippen LogP contribution in [0.4, 0.5) is 0 Å². The zero-order valence-electron chi connectivity index (χ0n) is 14.7. The van der Waals surface area contributed by atoms with Gasteiger partial charge < -0.3 is 10.6 Å². The summed E-state index contributed by atoms with van der Waals surface area (Å²) in [6.45, 7) is 9.87. The maximum Gasteiger partial charge on any atom is 0.191 e. The molecule has 0 radical (unpaired) electrons. The summed E-state index contributed by atoms with van der Waals surface area (Å²) in [5.74, 6) is 0.832. The van der Waals surface area contributed by atoms with E-state index < -0.39 is 0 Å². The van der Waals surface area contributed by atoms with Gasteiger partial charge in [0, 0.05) is 29.4 Å². The quantitative estimate of drug-likeness (QED) is 0.594. The van der Waals surface area contributed by atoms with Gasteiger partial charge in [-0.2, -0.15) is 0 Å². The van der Waals surface area contributed by atoms with E-state index in [1.165, 1.54) is 10.4 Å². The standard InChI is InChI=1S/C18H25ClN4S/c1-5-20-18(21-11-10-17-13(3)22-14(4)24-17)23-12(2)15-6-8-16(19)9-7-15/h6-9,12H,5,10-11H2,1-4H3,(H2,20,21,23). The van der Waals surface area contributed by atoms with Gasteiger partial charge in [-0.15, -0.1) is 11.3 Å². The molecular formula is C18H25ClN4S. The minimum Gasteiger partial charge on any atom is -0.357 e. The first-order valence-corrected chi connectivity index (χ1v) is 9.42. The molecule has 0 aliphatic rings. The third-order valence-electron chi connectivity index (χ3n) is 3.68. The Morgan fingerprint density at radius 3 is 2.58 bits per heavy atom. The molecule has 0 aliphatic heterocycles. The summed E-state index contributed by atoms with van der Waals surface area (Å²) < 4.78 is 0. The van der Waals surface area contributed by atoms with Crippen molar-refractivity contribution in [3.63, 3.8) is 0 Å². The van der Waals surface area contributed by atoms with Crippen molar-refractivity contribution in [3.05, 3.63) is 50.4 Å². The first kappa shape index (κ1) is 18.7. The van der Waals surface area contributed by atoms with Crippen LogP contribution in [0.3, 0.4) is 0 Å². The largest absolute Gasteiger partial charge is 0.357 e. The highest BCUT2D eigenvalue weighted by Gasteiger charge is 2.08. The topological polar surface area (TPSA) is 49.3 Å². The Bertz CT molecular complexity index is 679. The molecule has 24 heavy (non-hydrogen) atoms. The van der Waals surface area contributed by atoms with Crippen LogP contribution in [0, 0.1) is 13.8 Å². The van der Waals surface area contributed by atoms with Crippen molar-refractivity contribution < 1.29 is 0 Å². The lowest BCUT2D eigenvalue weighted by Crippen LogP contribution is -2.38. The second kappa shape index (κ2) is 9.04. The fourth-order valence-electron chi connectivity index (χ4n) is 2.43. The van der Waals surface area contributed by atoms with Crippen LogP contribution in [0.2, 0.25) is 5.02 Å². The van der Waals surface area contributed by atoms with Crippen molar-refractivity contribution in [2.24, 2.45) is 4.99 Å². The number of nitrogens with zero attached hydrogens (tertiary/aromatic N) is 2. The Labute approximate surface area is 153 Å². The average molecular weight is 365 g/mol. The number of guanidine groups is 1. The predicted molar refractivity (Wildman–Crippen MR) is 104 cm³/mol. The molecule has 2 aromatic rings. The summed E-state index contributed by atoms with van der Waals surface area (Å²) in [7, 11) is 0. The summed E-state index contributed by atoms with van der Waals surface area (Å²) in [4.78, 5) is 10.5. The second-order valence-corrected chi connectivity index (χ2v) is 7.39. The first-order valence-electron chi connectivity index (χ1n) is 8.22. The van der Waals surface area contributed by atoms with Gasteiger partial charge >= 0.3 is 0 Å². The van der Waals surface area contributed by atoms with E-state index in [0.717, 1.165) is 41.2 Å². The number of aromatic nitrogens is 1. The van der Waals surface area contributed by atoms with Gasteiger partial charge in [-0.05, 0) is 45.4 Å². The molecule has 130 valence electrons. The van der Waals surface area contributed by atoms with E-state index in [4.69, 9.17) is 11.6 Å². The van der Waals surface area contributed by atoms with Crippen molar-refractivity contribution in [1.29, 1.82) is 0 Å². The maximum atomic E-state index is 5.95. The molecule has 0 saturated carbocycles. The third kappa shape index (κ3) is 5.49. The molecular weight excluding hydrogens is 340 g/mol. The van der Waals surface area contributed by atoms with Crippen LogP contribution >= 0.6 is 22.9 Å². The smallest absolute Gasteiger partial charge is 0.191 e. The average Bonchev–Trinajstić information content (AvgIpc) is 2.86. The minimum absolute atomic E-state index is 0.160. The number of benzene rings is 1. The lowest BCUT2D eigenvalue weighted by Gasteiger charge is -2.18. The first-order chi connectivity index (χ1) is 11.5. The summed E-state index contributed by atoms with van der Waals surface area (Å²) >= 11 is 7.71. The Kier molecular flexibility index (Phi) is 7.06. The molecule has 1 aromatic carbocycles. The van der Waals surface area contributed by atoms with E-state index in [1.807, 2.05) is 31.2 Å². The van der Waals surface area contributed by atoms with Crippen LogP contribution in [0.25, 0.3) is 0 Å². The zero-order chi connectivity index (χ0) is 17.5. The number of hydrogen-bond acceptors (Lipinski definition) is 3. The van der Waals surface area contributed by atoms with Crippen molar-refractivity contribution in [2.75, 3.05) is 13.1 Å². The van der Waals surface area contributed by atoms with Gasteiger partial charge in [0.2, 0.25) is 0 Å². The van der Waals surface area contributed by atoms with E-state index >= 15 is 0 Å². The van der Waals surface area contributed by atoms with Gasteiger partial charge in [-0.1, -0.05) is 23.7 Å². The van der Waals surface area contributed by atoms with Crippen molar-refractivity contribution in [3.8, 4) is 0 Å². The Hall–Kier alpha value is -1.59. The van der Waals surface area contributed by atoms with E-state index in [9.17, 15) is 0 Å². The monoisotopic (exact) mass is 364 g/mol. The third-order valence-corrected chi connectivity index (χ3v) is 5.06. The molecule has 0 aliphatic carbocycles. The van der Waals surface area contributed by atoms with Gasteiger partial charge in [-0.3, -0.25) is 4.99 Å². The highest BCUT2D eigenvalue weighted by Crippen LogP contribution is 2.18. The van der Waals surface area contributed by atoms with Crippen LogP contribution in [0.5, 0.6) is 0 Å². The Balaban J connectivity index is 1.97. The number of rotatable bonds is 6. The molecule has 1 heterocycles. The second-order valence-electron chi connectivity index (χ2n) is 5.67. The van der Waals surface area contributed by atoms with Crippen LogP contribution in [-0.4, -0.2) is 24.0 Å². The number of hydrogen-bond donors (Lipinski definition) is 2. The van der Waals surface area contributed by atoms with Crippen molar-refractivity contribution in [1.82, 2.24) is 15.6 Å². The number of halogens is 1. The molecule has 0 fully saturated rings. The number of aryl methyl sites for hydroxylation is 2. The number of thiazole rings is 1. The van der Waals surface area contributed by atoms with Crippen LogP contribution in [0.15, 0.2) is 29.3 Å². The van der Waals surface area contributed by atoms with E-state index in [2.05, 4.69) is 41.4 Å². The van der Waals surface area contributed by atoms with Gasteiger partial charge in [-0.25, -0.2) is 4.98 Å². The molecule has 4 nitrogen and oxygen atoms in total. The fourth-order valence-corrected chi connectivity index (χ4v) is 3.49. The lowest BCUT2D eigenvalue weighted by atomic mass is 10.1. The summed E-state index contributed by atoms with van der Waals surface area (Å²) in [5.41, 5.74) is 2.30. The molecule has 1 aromatic heterocycles. The van der Waals surface area contributed by atoms with E-state index in [1.54, 1.807) is 11.3 Å².